The van der Waals surface area contributed by atoms with Gasteiger partial charge in [0.1, 0.15) is 5.75 Å². The Morgan fingerprint density at radius 1 is 1.00 bits per heavy atom. The average molecular weight is 515 g/mol. The first kappa shape index (κ1) is 21.8. The van der Waals surface area contributed by atoms with Gasteiger partial charge in [0.2, 0.25) is 0 Å². The highest BCUT2D eigenvalue weighted by Gasteiger charge is 2.25. The molecule has 2 N–H and O–H groups in total. The van der Waals surface area contributed by atoms with E-state index in [1.807, 2.05) is 36.4 Å². The number of rotatable bonds is 7. The molecule has 3 aromatic carbocycles. The number of benzene rings is 3. The number of ether oxygens (including phenoxy) is 1. The third-order valence-electron chi connectivity index (χ3n) is 4.89. The van der Waals surface area contributed by atoms with E-state index in [0.29, 0.717) is 11.4 Å². The van der Waals surface area contributed by atoms with Crippen LogP contribution in [-0.2, 0) is 10.2 Å². The van der Waals surface area contributed by atoms with Crippen LogP contribution in [0, 0.1) is 3.57 Å². The Morgan fingerprint density at radius 2 is 1.70 bits per heavy atom. The maximum atomic E-state index is 12.1. The minimum atomic E-state index is -1.05. The van der Waals surface area contributed by atoms with Gasteiger partial charge in [0.15, 0.2) is 6.61 Å². The Bertz CT molecular complexity index is 1060. The SMILES string of the molecule is CC(C)(c1ccc(OCC(=O)Nc2cccc(C(=O)O)c2)cc1)c1ccccc1I. The van der Waals surface area contributed by atoms with Crippen LogP contribution in [0.5, 0.6) is 5.75 Å². The van der Waals surface area contributed by atoms with Gasteiger partial charge in [0, 0.05) is 14.7 Å². The third kappa shape index (κ3) is 5.18. The molecule has 0 heterocycles. The van der Waals surface area contributed by atoms with E-state index in [2.05, 4.69) is 53.9 Å². The first-order valence-corrected chi connectivity index (χ1v) is 10.5. The molecule has 0 unspecified atom stereocenters. The topological polar surface area (TPSA) is 75.6 Å². The molecular formula is C24H22INO4. The highest BCUT2D eigenvalue weighted by atomic mass is 127. The summed E-state index contributed by atoms with van der Waals surface area (Å²) in [6, 6.07) is 22.1. The minimum Gasteiger partial charge on any atom is -0.484 e. The number of carbonyl (C=O) groups excluding carboxylic acids is 1. The van der Waals surface area contributed by atoms with Crippen molar-refractivity contribution in [1.29, 1.82) is 0 Å². The fraction of sp³-hybridized carbons (Fsp3) is 0.167. The molecule has 0 aromatic heterocycles. The number of nitrogens with one attached hydrogen (secondary N) is 1. The van der Waals surface area contributed by atoms with Crippen molar-refractivity contribution in [3.05, 3.63) is 93.1 Å². The van der Waals surface area contributed by atoms with E-state index in [4.69, 9.17) is 9.84 Å². The molecule has 3 rings (SSSR count). The molecule has 5 nitrogen and oxygen atoms in total. The number of carbonyl (C=O) groups is 2. The molecular weight excluding hydrogens is 493 g/mol. The maximum absolute atomic E-state index is 12.1. The molecule has 0 saturated carbocycles. The van der Waals surface area contributed by atoms with Crippen molar-refractivity contribution in [3.63, 3.8) is 0 Å². The molecule has 6 heteroatoms. The van der Waals surface area contributed by atoms with E-state index in [1.165, 1.54) is 21.3 Å². The highest BCUT2D eigenvalue weighted by molar-refractivity contribution is 14.1. The molecule has 3 aromatic rings. The van der Waals surface area contributed by atoms with Crippen molar-refractivity contribution in [2.24, 2.45) is 0 Å². The lowest BCUT2D eigenvalue weighted by molar-refractivity contribution is -0.118. The zero-order valence-electron chi connectivity index (χ0n) is 16.7. The van der Waals surface area contributed by atoms with Gasteiger partial charge >= 0.3 is 5.97 Å². The molecule has 30 heavy (non-hydrogen) atoms. The number of carboxylic acid groups (broad SMARTS) is 1. The number of hydrogen-bond acceptors (Lipinski definition) is 3. The lowest BCUT2D eigenvalue weighted by Crippen LogP contribution is -2.21. The number of anilines is 1. The van der Waals surface area contributed by atoms with E-state index < -0.39 is 5.97 Å². The normalized spacial score (nSPS) is 11.0. The van der Waals surface area contributed by atoms with Crippen LogP contribution in [0.4, 0.5) is 5.69 Å². The summed E-state index contributed by atoms with van der Waals surface area (Å²) in [7, 11) is 0. The Kier molecular flexibility index (Phi) is 6.77. The fourth-order valence-corrected chi connectivity index (χ4v) is 4.23. The number of carboxylic acids is 1. The summed E-state index contributed by atoms with van der Waals surface area (Å²) in [5.41, 5.74) is 2.76. The molecule has 0 aliphatic carbocycles. The van der Waals surface area contributed by atoms with Crippen LogP contribution in [0.2, 0.25) is 0 Å². The number of halogens is 1. The zero-order valence-corrected chi connectivity index (χ0v) is 18.8. The van der Waals surface area contributed by atoms with Crippen LogP contribution in [0.1, 0.15) is 35.3 Å². The van der Waals surface area contributed by atoms with Crippen molar-refractivity contribution in [2.45, 2.75) is 19.3 Å². The number of hydrogen-bond donors (Lipinski definition) is 2. The van der Waals surface area contributed by atoms with Gasteiger partial charge in [0.05, 0.1) is 5.56 Å². The predicted octanol–water partition coefficient (Wildman–Crippen LogP) is 5.33. The summed E-state index contributed by atoms with van der Waals surface area (Å²) in [6.07, 6.45) is 0. The Morgan fingerprint density at radius 3 is 2.37 bits per heavy atom. The minimum absolute atomic E-state index is 0.111. The van der Waals surface area contributed by atoms with E-state index in [9.17, 15) is 9.59 Å². The molecule has 0 spiro atoms. The summed E-state index contributed by atoms with van der Waals surface area (Å²) in [4.78, 5) is 23.2. The fourth-order valence-electron chi connectivity index (χ4n) is 3.17. The Balaban J connectivity index is 1.62. The van der Waals surface area contributed by atoms with Crippen molar-refractivity contribution < 1.29 is 19.4 Å². The molecule has 154 valence electrons. The van der Waals surface area contributed by atoms with Gasteiger partial charge in [-0.1, -0.05) is 50.2 Å². The van der Waals surface area contributed by atoms with Crippen LogP contribution in [0.25, 0.3) is 0 Å². The molecule has 0 aliphatic rings. The summed E-state index contributed by atoms with van der Waals surface area (Å²) < 4.78 is 6.80. The second kappa shape index (κ2) is 9.30. The van der Waals surface area contributed by atoms with Crippen molar-refractivity contribution in [1.82, 2.24) is 0 Å². The standard InChI is InChI=1S/C24H22INO4/c1-24(2,20-8-3-4-9-21(20)25)17-10-12-19(13-11-17)30-15-22(27)26-18-7-5-6-16(14-18)23(28)29/h3-14H,15H2,1-2H3,(H,26,27)(H,28,29). The summed E-state index contributed by atoms with van der Waals surface area (Å²) in [6.45, 7) is 4.19. The van der Waals surface area contributed by atoms with Crippen molar-refractivity contribution in [3.8, 4) is 5.75 Å². The summed E-state index contributed by atoms with van der Waals surface area (Å²) in [5.74, 6) is -0.817. The summed E-state index contributed by atoms with van der Waals surface area (Å²) >= 11 is 2.35. The first-order valence-electron chi connectivity index (χ1n) is 9.39. The van der Waals surface area contributed by atoms with Gasteiger partial charge in [-0.2, -0.15) is 0 Å². The second-order valence-electron chi connectivity index (χ2n) is 7.35. The van der Waals surface area contributed by atoms with Crippen molar-refractivity contribution in [2.75, 3.05) is 11.9 Å². The lowest BCUT2D eigenvalue weighted by atomic mass is 9.78. The van der Waals surface area contributed by atoms with Crippen LogP contribution in [0.3, 0.4) is 0 Å². The number of aromatic carboxylic acids is 1. The second-order valence-corrected chi connectivity index (χ2v) is 8.51. The van der Waals surface area contributed by atoms with Crippen LogP contribution in [-0.4, -0.2) is 23.6 Å². The Labute approximate surface area is 189 Å². The highest BCUT2D eigenvalue weighted by Crippen LogP contribution is 2.34. The van der Waals surface area contributed by atoms with Gasteiger partial charge in [-0.05, 0) is 70.1 Å². The van der Waals surface area contributed by atoms with Gasteiger partial charge in [-0.15, -0.1) is 0 Å². The number of amides is 1. The quantitative estimate of drug-likeness (QED) is 0.417. The van der Waals surface area contributed by atoms with Crippen molar-refractivity contribution >= 4 is 40.2 Å². The molecule has 0 bridgehead atoms. The van der Waals surface area contributed by atoms with Gasteiger partial charge in [-0.3, -0.25) is 4.79 Å². The van der Waals surface area contributed by atoms with Crippen LogP contribution in [0.15, 0.2) is 72.8 Å². The van der Waals surface area contributed by atoms with Gasteiger partial charge < -0.3 is 15.2 Å². The Hall–Kier alpha value is -2.87. The lowest BCUT2D eigenvalue weighted by Gasteiger charge is -2.27. The smallest absolute Gasteiger partial charge is 0.335 e. The zero-order chi connectivity index (χ0) is 21.7. The van der Waals surface area contributed by atoms with E-state index in [0.717, 1.165) is 5.56 Å². The predicted molar refractivity (Wildman–Crippen MR) is 125 cm³/mol. The summed E-state index contributed by atoms with van der Waals surface area (Å²) in [5, 5.41) is 11.7. The average Bonchev–Trinajstić information content (AvgIpc) is 2.73. The van der Waals surface area contributed by atoms with E-state index in [-0.39, 0.29) is 23.5 Å². The first-order chi connectivity index (χ1) is 14.3. The molecule has 0 atom stereocenters. The van der Waals surface area contributed by atoms with Crippen LogP contribution >= 0.6 is 22.6 Å². The van der Waals surface area contributed by atoms with Gasteiger partial charge in [0.25, 0.3) is 5.91 Å². The molecule has 1 amide bonds. The van der Waals surface area contributed by atoms with Gasteiger partial charge in [-0.25, -0.2) is 4.79 Å². The molecule has 0 radical (unpaired) electrons. The monoisotopic (exact) mass is 515 g/mol. The van der Waals surface area contributed by atoms with E-state index >= 15 is 0 Å². The third-order valence-corrected chi connectivity index (χ3v) is 5.83. The molecule has 0 saturated heterocycles. The maximum Gasteiger partial charge on any atom is 0.335 e. The largest absolute Gasteiger partial charge is 0.484 e. The molecule has 0 aliphatic heterocycles. The molecule has 0 fully saturated rings. The van der Waals surface area contributed by atoms with Crippen LogP contribution < -0.4 is 10.1 Å². The van der Waals surface area contributed by atoms with E-state index in [1.54, 1.807) is 12.1 Å².